The maximum absolute atomic E-state index is 10.7. The Bertz CT molecular complexity index is 1060. The molecule has 0 bridgehead atoms. The fraction of sp³-hybridized carbons (Fsp3) is 0.364. The van der Waals surface area contributed by atoms with Gasteiger partial charge in [-0.25, -0.2) is 9.59 Å². The van der Waals surface area contributed by atoms with Gasteiger partial charge in [0, 0.05) is 59.0 Å². The number of carbonyl (C=O) groups is 2. The Kier molecular flexibility index (Phi) is 7.66. The molecule has 1 aliphatic heterocycles. The number of β-amino-alcohol motifs (C(OH)–C–C–N with tert-alkyl or cyclic N) is 1. The van der Waals surface area contributed by atoms with Gasteiger partial charge in [0.2, 0.25) is 0 Å². The minimum atomic E-state index is -1.82. The summed E-state index contributed by atoms with van der Waals surface area (Å²) in [5, 5.41) is 28.0. The SMILES string of the molecule is CN1CCN(CC(O)Cn2c3ccccc3c3cc(Br)ccc32)CC1.O=C(O)C(=O)O. The number of piperazine rings is 1. The maximum atomic E-state index is 10.7. The number of aliphatic carboxylic acids is 2. The second-order valence-corrected chi connectivity index (χ2v) is 8.57. The number of rotatable bonds is 4. The highest BCUT2D eigenvalue weighted by Gasteiger charge is 2.19. The number of aliphatic hydroxyl groups is 1. The summed E-state index contributed by atoms with van der Waals surface area (Å²) < 4.78 is 3.35. The number of aliphatic hydroxyl groups excluding tert-OH is 1. The molecular formula is C22H26BrN3O5. The highest BCUT2D eigenvalue weighted by molar-refractivity contribution is 9.10. The summed E-state index contributed by atoms with van der Waals surface area (Å²) in [4.78, 5) is 22.9. The van der Waals surface area contributed by atoms with E-state index in [2.05, 4.69) is 79.8 Å². The van der Waals surface area contributed by atoms with Crippen LogP contribution >= 0.6 is 15.9 Å². The van der Waals surface area contributed by atoms with Gasteiger partial charge in [0.1, 0.15) is 0 Å². The van der Waals surface area contributed by atoms with Gasteiger partial charge in [-0.05, 0) is 31.3 Å². The molecule has 4 rings (SSSR count). The van der Waals surface area contributed by atoms with Crippen molar-refractivity contribution >= 4 is 49.7 Å². The van der Waals surface area contributed by atoms with E-state index >= 15 is 0 Å². The van der Waals surface area contributed by atoms with Gasteiger partial charge in [-0.3, -0.25) is 4.90 Å². The lowest BCUT2D eigenvalue weighted by Gasteiger charge is -2.33. The van der Waals surface area contributed by atoms with E-state index in [0.717, 1.165) is 37.2 Å². The first-order valence-corrected chi connectivity index (χ1v) is 10.8. The van der Waals surface area contributed by atoms with Crippen LogP contribution in [0.2, 0.25) is 0 Å². The van der Waals surface area contributed by atoms with Gasteiger partial charge < -0.3 is 24.8 Å². The Labute approximate surface area is 188 Å². The molecule has 2 heterocycles. The molecule has 0 amide bonds. The standard InChI is InChI=1S/C20H24BrN3O.C2H2O4/c1-22-8-10-23(11-9-22)13-16(25)14-24-19-5-3-2-4-17(19)18-12-15(21)6-7-20(18)24;3-1(4)2(5)6/h2-7,12,16,25H,8-11,13-14H2,1H3;(H,3,4)(H,5,6). The number of nitrogens with zero attached hydrogens (tertiary/aromatic N) is 3. The number of carboxylic acids is 2. The van der Waals surface area contributed by atoms with Gasteiger partial charge in [-0.15, -0.1) is 0 Å². The second-order valence-electron chi connectivity index (χ2n) is 7.66. The molecule has 31 heavy (non-hydrogen) atoms. The zero-order valence-corrected chi connectivity index (χ0v) is 18.8. The average molecular weight is 492 g/mol. The summed E-state index contributed by atoms with van der Waals surface area (Å²) in [6, 6.07) is 14.8. The first kappa shape index (κ1) is 23.2. The van der Waals surface area contributed by atoms with Crippen molar-refractivity contribution in [3.63, 3.8) is 0 Å². The van der Waals surface area contributed by atoms with Gasteiger partial charge in [-0.1, -0.05) is 34.1 Å². The summed E-state index contributed by atoms with van der Waals surface area (Å²) in [5.74, 6) is -3.65. The molecule has 3 aromatic rings. The van der Waals surface area contributed by atoms with E-state index in [1.54, 1.807) is 0 Å². The first-order chi connectivity index (χ1) is 14.8. The largest absolute Gasteiger partial charge is 0.473 e. The molecule has 0 aliphatic carbocycles. The smallest absolute Gasteiger partial charge is 0.414 e. The van der Waals surface area contributed by atoms with Crippen molar-refractivity contribution in [2.45, 2.75) is 12.6 Å². The van der Waals surface area contributed by atoms with Crippen molar-refractivity contribution in [2.75, 3.05) is 39.8 Å². The molecule has 0 spiro atoms. The molecule has 1 fully saturated rings. The normalized spacial score (nSPS) is 16.1. The molecule has 1 unspecified atom stereocenters. The summed E-state index contributed by atoms with van der Waals surface area (Å²) in [7, 11) is 2.16. The quantitative estimate of drug-likeness (QED) is 0.480. The van der Waals surface area contributed by atoms with E-state index in [1.165, 1.54) is 21.8 Å². The van der Waals surface area contributed by atoms with E-state index in [1.807, 2.05) is 0 Å². The minimum Gasteiger partial charge on any atom is -0.473 e. The number of fused-ring (bicyclic) bond motifs is 3. The number of hydrogen-bond donors (Lipinski definition) is 3. The number of para-hydroxylation sites is 1. The van der Waals surface area contributed by atoms with Crippen LogP contribution in [-0.4, -0.2) is 87.5 Å². The van der Waals surface area contributed by atoms with Crippen molar-refractivity contribution in [1.82, 2.24) is 14.4 Å². The van der Waals surface area contributed by atoms with Gasteiger partial charge in [0.25, 0.3) is 0 Å². The second kappa shape index (κ2) is 10.2. The molecule has 1 aliphatic rings. The molecule has 2 aromatic carbocycles. The maximum Gasteiger partial charge on any atom is 0.414 e. The zero-order chi connectivity index (χ0) is 22.5. The van der Waals surface area contributed by atoms with Gasteiger partial charge >= 0.3 is 11.9 Å². The number of benzene rings is 2. The Morgan fingerprint density at radius 1 is 0.935 bits per heavy atom. The third-order valence-corrected chi connectivity index (χ3v) is 5.87. The fourth-order valence-corrected chi connectivity index (χ4v) is 4.18. The fourth-order valence-electron chi connectivity index (χ4n) is 3.82. The Morgan fingerprint density at radius 2 is 1.55 bits per heavy atom. The van der Waals surface area contributed by atoms with Crippen LogP contribution in [0.25, 0.3) is 21.8 Å². The predicted molar refractivity (Wildman–Crippen MR) is 122 cm³/mol. The number of carboxylic acid groups (broad SMARTS) is 2. The molecular weight excluding hydrogens is 466 g/mol. The van der Waals surface area contributed by atoms with E-state index in [4.69, 9.17) is 19.8 Å². The van der Waals surface area contributed by atoms with E-state index in [-0.39, 0.29) is 6.10 Å². The zero-order valence-electron chi connectivity index (χ0n) is 17.2. The lowest BCUT2D eigenvalue weighted by molar-refractivity contribution is -0.159. The van der Waals surface area contributed by atoms with Crippen LogP contribution in [0, 0.1) is 0 Å². The van der Waals surface area contributed by atoms with Crippen LogP contribution in [0.1, 0.15) is 0 Å². The molecule has 8 nitrogen and oxygen atoms in total. The van der Waals surface area contributed by atoms with Crippen molar-refractivity contribution in [3.05, 3.63) is 46.9 Å². The Hall–Kier alpha value is -2.46. The molecule has 1 aromatic heterocycles. The van der Waals surface area contributed by atoms with Crippen molar-refractivity contribution < 1.29 is 24.9 Å². The van der Waals surface area contributed by atoms with Gasteiger partial charge in [0.15, 0.2) is 0 Å². The first-order valence-electron chi connectivity index (χ1n) is 9.98. The van der Waals surface area contributed by atoms with Crippen molar-refractivity contribution in [3.8, 4) is 0 Å². The van der Waals surface area contributed by atoms with Crippen LogP contribution < -0.4 is 0 Å². The third kappa shape index (κ3) is 5.82. The van der Waals surface area contributed by atoms with Crippen LogP contribution in [0.3, 0.4) is 0 Å². The topological polar surface area (TPSA) is 106 Å². The van der Waals surface area contributed by atoms with Gasteiger partial charge in [-0.2, -0.15) is 0 Å². The van der Waals surface area contributed by atoms with Crippen LogP contribution in [0.4, 0.5) is 0 Å². The van der Waals surface area contributed by atoms with E-state index < -0.39 is 11.9 Å². The summed E-state index contributed by atoms with van der Waals surface area (Å²) in [6.07, 6.45) is -0.369. The van der Waals surface area contributed by atoms with E-state index in [0.29, 0.717) is 6.54 Å². The van der Waals surface area contributed by atoms with Gasteiger partial charge in [0.05, 0.1) is 12.6 Å². The Balaban J connectivity index is 0.000000401. The predicted octanol–water partition coefficient (Wildman–Crippen LogP) is 2.32. The van der Waals surface area contributed by atoms with Crippen molar-refractivity contribution in [2.24, 2.45) is 0 Å². The molecule has 1 atom stereocenters. The van der Waals surface area contributed by atoms with Crippen molar-refractivity contribution in [1.29, 1.82) is 0 Å². The summed E-state index contributed by atoms with van der Waals surface area (Å²) >= 11 is 3.58. The number of likely N-dealkylation sites (N-methyl/N-ethyl adjacent to an activating group) is 1. The monoisotopic (exact) mass is 491 g/mol. The number of hydrogen-bond acceptors (Lipinski definition) is 5. The van der Waals surface area contributed by atoms with Crippen LogP contribution in [0.5, 0.6) is 0 Å². The van der Waals surface area contributed by atoms with Crippen LogP contribution in [-0.2, 0) is 16.1 Å². The molecule has 0 saturated carbocycles. The average Bonchev–Trinajstić information content (AvgIpc) is 3.03. The highest BCUT2D eigenvalue weighted by Crippen LogP contribution is 2.31. The third-order valence-electron chi connectivity index (χ3n) is 5.38. The number of aromatic nitrogens is 1. The summed E-state index contributed by atoms with van der Waals surface area (Å²) in [6.45, 7) is 5.59. The lowest BCUT2D eigenvalue weighted by Crippen LogP contribution is -2.47. The molecule has 166 valence electrons. The molecule has 0 radical (unpaired) electrons. The highest BCUT2D eigenvalue weighted by atomic mass is 79.9. The minimum absolute atomic E-state index is 0.369. The molecule has 1 saturated heterocycles. The lowest BCUT2D eigenvalue weighted by atomic mass is 10.2. The molecule has 3 N–H and O–H groups in total. The Morgan fingerprint density at radius 3 is 2.19 bits per heavy atom. The number of halogens is 1. The van der Waals surface area contributed by atoms with E-state index in [9.17, 15) is 5.11 Å². The molecule has 9 heteroatoms. The van der Waals surface area contributed by atoms with Crippen LogP contribution in [0.15, 0.2) is 46.9 Å². The summed E-state index contributed by atoms with van der Waals surface area (Å²) in [5.41, 5.74) is 2.37.